The van der Waals surface area contributed by atoms with Crippen molar-refractivity contribution in [1.82, 2.24) is 0 Å². The van der Waals surface area contributed by atoms with Gasteiger partial charge in [-0.2, -0.15) is 0 Å². The minimum absolute atomic E-state index is 0.117. The molecule has 5 rings (SSSR count). The van der Waals surface area contributed by atoms with E-state index in [1.54, 1.807) is 12.1 Å². The first kappa shape index (κ1) is 19.5. The van der Waals surface area contributed by atoms with Crippen molar-refractivity contribution in [2.45, 2.75) is 71.0 Å². The molecule has 0 unspecified atom stereocenters. The summed E-state index contributed by atoms with van der Waals surface area (Å²) in [5.41, 5.74) is 3.14. The maximum atomic E-state index is 14.2. The highest BCUT2D eigenvalue weighted by atomic mass is 19.1. The van der Waals surface area contributed by atoms with E-state index < -0.39 is 6.10 Å². The average Bonchev–Trinajstić information content (AvgIpc) is 2.95. The second-order valence-electron chi connectivity index (χ2n) is 10.5. The predicted octanol–water partition coefficient (Wildman–Crippen LogP) is 5.50. The van der Waals surface area contributed by atoms with Crippen LogP contribution >= 0.6 is 0 Å². The summed E-state index contributed by atoms with van der Waals surface area (Å²) in [5.74, 6) is 1.42. The molecule has 2 N–H and O–H groups in total. The number of hydrogen-bond acceptors (Lipinski definition) is 2. The van der Waals surface area contributed by atoms with Gasteiger partial charge in [0.2, 0.25) is 0 Å². The lowest BCUT2D eigenvalue weighted by Crippen LogP contribution is -2.51. The number of hydrogen-bond donors (Lipinski definition) is 2. The van der Waals surface area contributed by atoms with E-state index in [9.17, 15) is 14.6 Å². The number of aliphatic hydroxyl groups is 2. The standard InChI is InChI=1S/C26H33FO2/c1-25-11-9-19(28)15-18(25)7-8-20-21(25)10-12-26(2)22(20)14-17(24(26)29)13-16-5-3-4-6-23(16)27/h3-7,13,19-22,24,28-29H,8-12,14-15H2,1-2H3/b17-13+/t19-,20-,21+,22+,24+,25+,26+/m1/s1. The topological polar surface area (TPSA) is 40.5 Å². The molecule has 0 aliphatic heterocycles. The Hall–Kier alpha value is -1.45. The van der Waals surface area contributed by atoms with Gasteiger partial charge in [-0.3, -0.25) is 0 Å². The zero-order valence-corrected chi connectivity index (χ0v) is 17.6. The molecule has 0 saturated heterocycles. The Morgan fingerprint density at radius 2 is 1.83 bits per heavy atom. The lowest BCUT2D eigenvalue weighted by Gasteiger charge is -2.57. The first-order valence-electron chi connectivity index (χ1n) is 11.3. The molecular formula is C26H33FO2. The number of benzene rings is 1. The fraction of sp³-hybridized carbons (Fsp3) is 0.615. The van der Waals surface area contributed by atoms with Crippen LogP contribution in [0.1, 0.15) is 64.4 Å². The fourth-order valence-corrected chi connectivity index (χ4v) is 7.43. The Morgan fingerprint density at radius 1 is 1.03 bits per heavy atom. The van der Waals surface area contributed by atoms with Crippen LogP contribution in [0.2, 0.25) is 0 Å². The summed E-state index contributed by atoms with van der Waals surface area (Å²) in [4.78, 5) is 0. The van der Waals surface area contributed by atoms with Gasteiger partial charge >= 0.3 is 0 Å². The Morgan fingerprint density at radius 3 is 2.62 bits per heavy atom. The molecule has 1 aromatic rings. The molecular weight excluding hydrogens is 363 g/mol. The predicted molar refractivity (Wildman–Crippen MR) is 113 cm³/mol. The van der Waals surface area contributed by atoms with E-state index >= 15 is 0 Å². The molecule has 4 aliphatic carbocycles. The molecule has 7 atom stereocenters. The van der Waals surface area contributed by atoms with Crippen LogP contribution in [0.25, 0.3) is 6.08 Å². The lowest BCUT2D eigenvalue weighted by atomic mass is 9.48. The van der Waals surface area contributed by atoms with E-state index in [-0.39, 0.29) is 22.8 Å². The highest BCUT2D eigenvalue weighted by Crippen LogP contribution is 2.65. The van der Waals surface area contributed by atoms with Gasteiger partial charge in [0.05, 0.1) is 12.2 Å². The number of halogens is 1. The zero-order valence-electron chi connectivity index (χ0n) is 17.6. The average molecular weight is 397 g/mol. The summed E-state index contributed by atoms with van der Waals surface area (Å²) >= 11 is 0. The van der Waals surface area contributed by atoms with E-state index in [2.05, 4.69) is 19.9 Å². The Bertz CT molecular complexity index is 873. The van der Waals surface area contributed by atoms with Crippen LogP contribution in [-0.4, -0.2) is 22.4 Å². The van der Waals surface area contributed by atoms with Gasteiger partial charge in [0, 0.05) is 11.0 Å². The van der Waals surface area contributed by atoms with Gasteiger partial charge in [-0.25, -0.2) is 4.39 Å². The van der Waals surface area contributed by atoms with Crippen molar-refractivity contribution in [3.05, 3.63) is 52.9 Å². The van der Waals surface area contributed by atoms with Gasteiger partial charge in [0.1, 0.15) is 5.82 Å². The van der Waals surface area contributed by atoms with E-state index in [4.69, 9.17) is 0 Å². The molecule has 0 radical (unpaired) electrons. The molecule has 1 aromatic carbocycles. The van der Waals surface area contributed by atoms with Crippen molar-refractivity contribution >= 4 is 6.08 Å². The molecule has 0 amide bonds. The summed E-state index contributed by atoms with van der Waals surface area (Å²) in [5, 5.41) is 21.4. The number of fused-ring (bicyclic) bond motifs is 5. The largest absolute Gasteiger partial charge is 0.393 e. The van der Waals surface area contributed by atoms with Crippen molar-refractivity contribution in [1.29, 1.82) is 0 Å². The maximum Gasteiger partial charge on any atom is 0.130 e. The van der Waals surface area contributed by atoms with Crippen LogP contribution in [0.5, 0.6) is 0 Å². The SMILES string of the molecule is C[C@]12CC[C@H]3[C@@H](CC=C4C[C@H](O)CC[C@@]43C)[C@@H]1C/C(=C\c1ccccc1F)[C@@H]2O. The Kier molecular flexibility index (Phi) is 4.56. The Balaban J connectivity index is 1.48. The Labute approximate surface area is 173 Å². The van der Waals surface area contributed by atoms with Crippen molar-refractivity contribution in [3.63, 3.8) is 0 Å². The summed E-state index contributed by atoms with van der Waals surface area (Å²) < 4.78 is 14.2. The van der Waals surface area contributed by atoms with Crippen molar-refractivity contribution in [2.75, 3.05) is 0 Å². The van der Waals surface area contributed by atoms with Crippen LogP contribution in [0, 0.1) is 34.4 Å². The molecule has 0 aromatic heterocycles. The van der Waals surface area contributed by atoms with E-state index in [1.807, 2.05) is 12.1 Å². The van der Waals surface area contributed by atoms with E-state index in [1.165, 1.54) is 11.6 Å². The van der Waals surface area contributed by atoms with Crippen molar-refractivity contribution in [2.24, 2.45) is 28.6 Å². The van der Waals surface area contributed by atoms with E-state index in [0.29, 0.717) is 23.3 Å². The molecule has 0 bridgehead atoms. The van der Waals surface area contributed by atoms with E-state index in [0.717, 1.165) is 50.5 Å². The van der Waals surface area contributed by atoms with Gasteiger partial charge in [0.15, 0.2) is 0 Å². The molecule has 0 heterocycles. The van der Waals surface area contributed by atoms with Crippen LogP contribution in [-0.2, 0) is 0 Å². The quantitative estimate of drug-likeness (QED) is 0.615. The van der Waals surface area contributed by atoms with Crippen molar-refractivity contribution in [3.8, 4) is 0 Å². The smallest absolute Gasteiger partial charge is 0.130 e. The third-order valence-electron chi connectivity index (χ3n) is 9.19. The monoisotopic (exact) mass is 396 g/mol. The molecule has 3 heteroatoms. The third-order valence-corrected chi connectivity index (χ3v) is 9.19. The van der Waals surface area contributed by atoms with Crippen LogP contribution < -0.4 is 0 Å². The number of allylic oxidation sites excluding steroid dienone is 1. The summed E-state index contributed by atoms with van der Waals surface area (Å²) in [6.07, 6.45) is 10.6. The van der Waals surface area contributed by atoms with Gasteiger partial charge < -0.3 is 10.2 Å². The summed E-state index contributed by atoms with van der Waals surface area (Å²) in [6.45, 7) is 4.68. The van der Waals surface area contributed by atoms with Crippen molar-refractivity contribution < 1.29 is 14.6 Å². The zero-order chi connectivity index (χ0) is 20.4. The molecule has 156 valence electrons. The maximum absolute atomic E-state index is 14.2. The molecule has 29 heavy (non-hydrogen) atoms. The van der Waals surface area contributed by atoms with Crippen LogP contribution in [0.15, 0.2) is 41.5 Å². The minimum Gasteiger partial charge on any atom is -0.393 e. The molecule has 2 nitrogen and oxygen atoms in total. The third kappa shape index (κ3) is 2.88. The number of rotatable bonds is 1. The van der Waals surface area contributed by atoms with Gasteiger partial charge in [-0.05, 0) is 79.8 Å². The fourth-order valence-electron chi connectivity index (χ4n) is 7.43. The van der Waals surface area contributed by atoms with Crippen LogP contribution in [0.4, 0.5) is 4.39 Å². The number of aliphatic hydroxyl groups excluding tert-OH is 2. The lowest BCUT2D eigenvalue weighted by molar-refractivity contribution is -0.0685. The first-order valence-corrected chi connectivity index (χ1v) is 11.3. The van der Waals surface area contributed by atoms with Gasteiger partial charge in [-0.1, -0.05) is 49.8 Å². The second-order valence-corrected chi connectivity index (χ2v) is 10.5. The molecule has 4 aliphatic rings. The highest BCUT2D eigenvalue weighted by molar-refractivity contribution is 5.56. The molecule has 3 fully saturated rings. The second kappa shape index (κ2) is 6.78. The van der Waals surface area contributed by atoms with Gasteiger partial charge in [0.25, 0.3) is 0 Å². The minimum atomic E-state index is -0.487. The molecule has 3 saturated carbocycles. The summed E-state index contributed by atoms with van der Waals surface area (Å²) in [6, 6.07) is 6.85. The summed E-state index contributed by atoms with van der Waals surface area (Å²) in [7, 11) is 0. The highest BCUT2D eigenvalue weighted by Gasteiger charge is 2.59. The normalized spacial score (nSPS) is 45.3. The molecule has 0 spiro atoms. The van der Waals surface area contributed by atoms with Gasteiger partial charge in [-0.15, -0.1) is 0 Å². The first-order chi connectivity index (χ1) is 13.8. The van der Waals surface area contributed by atoms with Crippen LogP contribution in [0.3, 0.4) is 0 Å².